The highest BCUT2D eigenvalue weighted by molar-refractivity contribution is 7.18. The third kappa shape index (κ3) is 1.93. The number of carbonyl (C=O) groups is 1. The maximum Gasteiger partial charge on any atom is 0.348 e. The molecule has 0 radical (unpaired) electrons. The predicted molar refractivity (Wildman–Crippen MR) is 67.5 cm³/mol. The van der Waals surface area contributed by atoms with Gasteiger partial charge in [0.25, 0.3) is 0 Å². The van der Waals surface area contributed by atoms with Crippen LogP contribution in [0.3, 0.4) is 0 Å². The molecule has 0 amide bonds. The second-order valence-corrected chi connectivity index (χ2v) is 5.05. The number of carboxylic acids is 1. The molecular weight excluding hydrogens is 238 g/mol. The summed E-state index contributed by atoms with van der Waals surface area (Å²) in [5, 5.41) is 9.08. The highest BCUT2D eigenvalue weighted by Gasteiger charge is 2.24. The first kappa shape index (κ1) is 11.7. The minimum Gasteiger partial charge on any atom is -0.477 e. The van der Waals surface area contributed by atoms with Crippen molar-refractivity contribution in [1.82, 2.24) is 0 Å². The van der Waals surface area contributed by atoms with Crippen LogP contribution in [-0.2, 0) is 0 Å². The van der Waals surface area contributed by atoms with Gasteiger partial charge in [0, 0.05) is 5.56 Å². The van der Waals surface area contributed by atoms with Crippen LogP contribution in [0.15, 0.2) is 22.8 Å². The van der Waals surface area contributed by atoms with E-state index in [1.807, 2.05) is 19.9 Å². The van der Waals surface area contributed by atoms with E-state index in [4.69, 9.17) is 15.3 Å². The molecule has 0 saturated carbocycles. The summed E-state index contributed by atoms with van der Waals surface area (Å²) in [7, 11) is 0. The Bertz CT molecular complexity index is 540. The van der Waals surface area contributed by atoms with E-state index < -0.39 is 5.97 Å². The third-order valence-corrected chi connectivity index (χ3v) is 3.72. The monoisotopic (exact) mass is 251 g/mol. The zero-order valence-electron chi connectivity index (χ0n) is 9.56. The molecule has 0 aromatic carbocycles. The molecule has 0 bridgehead atoms. The lowest BCUT2D eigenvalue weighted by molar-refractivity contribution is 0.0703. The number of hydrogen-bond acceptors (Lipinski definition) is 4. The van der Waals surface area contributed by atoms with Crippen molar-refractivity contribution in [1.29, 1.82) is 0 Å². The maximum atomic E-state index is 11.1. The molecular formula is C12H13NO3S. The normalized spacial score (nSPS) is 11.0. The lowest BCUT2D eigenvalue weighted by Gasteiger charge is -2.06. The quantitative estimate of drug-likeness (QED) is 0.876. The molecule has 3 N–H and O–H groups in total. The van der Waals surface area contributed by atoms with Crippen LogP contribution < -0.4 is 5.73 Å². The first-order valence-electron chi connectivity index (χ1n) is 5.21. The number of rotatable bonds is 3. The van der Waals surface area contributed by atoms with Gasteiger partial charge in [-0.05, 0) is 18.1 Å². The Morgan fingerprint density at radius 1 is 1.53 bits per heavy atom. The van der Waals surface area contributed by atoms with Gasteiger partial charge in [0.05, 0.1) is 16.8 Å². The van der Waals surface area contributed by atoms with Crippen LogP contribution in [0, 0.1) is 0 Å². The Balaban J connectivity index is 2.66. The van der Waals surface area contributed by atoms with Gasteiger partial charge >= 0.3 is 5.97 Å². The average Bonchev–Trinajstić information content (AvgIpc) is 2.82. The fourth-order valence-electron chi connectivity index (χ4n) is 1.78. The van der Waals surface area contributed by atoms with Crippen LogP contribution in [0.5, 0.6) is 0 Å². The van der Waals surface area contributed by atoms with E-state index in [-0.39, 0.29) is 10.8 Å². The smallest absolute Gasteiger partial charge is 0.348 e. The highest BCUT2D eigenvalue weighted by atomic mass is 32.1. The van der Waals surface area contributed by atoms with Gasteiger partial charge in [-0.1, -0.05) is 13.8 Å². The summed E-state index contributed by atoms with van der Waals surface area (Å²) in [4.78, 5) is 12.1. The Morgan fingerprint density at radius 2 is 2.24 bits per heavy atom. The molecule has 17 heavy (non-hydrogen) atoms. The van der Waals surface area contributed by atoms with E-state index in [0.717, 1.165) is 21.8 Å². The second kappa shape index (κ2) is 4.25. The first-order valence-corrected chi connectivity index (χ1v) is 6.03. The summed E-state index contributed by atoms with van der Waals surface area (Å²) in [6.07, 6.45) is 1.57. The molecule has 0 unspecified atom stereocenters. The number of hydrogen-bond donors (Lipinski definition) is 2. The molecule has 0 aliphatic heterocycles. The molecule has 0 spiro atoms. The Hall–Kier alpha value is -1.75. The molecule has 0 aliphatic carbocycles. The van der Waals surface area contributed by atoms with Crippen molar-refractivity contribution in [3.8, 4) is 10.6 Å². The van der Waals surface area contributed by atoms with Gasteiger partial charge in [-0.3, -0.25) is 0 Å². The van der Waals surface area contributed by atoms with Crippen molar-refractivity contribution in [3.05, 3.63) is 28.8 Å². The van der Waals surface area contributed by atoms with E-state index in [9.17, 15) is 4.79 Å². The summed E-state index contributed by atoms with van der Waals surface area (Å²) < 4.78 is 5.32. The van der Waals surface area contributed by atoms with Crippen molar-refractivity contribution in [2.24, 2.45) is 0 Å². The summed E-state index contributed by atoms with van der Waals surface area (Å²) in [6, 6.07) is 3.58. The van der Waals surface area contributed by atoms with Crippen LogP contribution in [-0.4, -0.2) is 11.1 Å². The van der Waals surface area contributed by atoms with Gasteiger partial charge in [-0.2, -0.15) is 0 Å². The molecule has 0 aliphatic rings. The number of nitrogens with two attached hydrogens (primary N) is 1. The summed E-state index contributed by atoms with van der Waals surface area (Å²) in [5.74, 6) is -0.176. The Kier molecular flexibility index (Phi) is 2.93. The molecule has 0 fully saturated rings. The predicted octanol–water partition coefficient (Wildman–Crippen LogP) is 3.41. The van der Waals surface area contributed by atoms with Gasteiger partial charge in [-0.15, -0.1) is 11.3 Å². The number of thiophene rings is 1. The molecule has 2 aromatic heterocycles. The van der Waals surface area contributed by atoms with Crippen LogP contribution >= 0.6 is 11.3 Å². The molecule has 0 atom stereocenters. The Morgan fingerprint density at radius 3 is 2.71 bits per heavy atom. The minimum atomic E-state index is -0.993. The second-order valence-electron chi connectivity index (χ2n) is 4.02. The SMILES string of the molecule is CC(C)c1c(-c2ccco2)sc(C(=O)O)c1N. The van der Waals surface area contributed by atoms with Gasteiger partial charge in [0.15, 0.2) is 0 Å². The topological polar surface area (TPSA) is 76.5 Å². The number of anilines is 1. The van der Waals surface area contributed by atoms with Crippen LogP contribution in [0.2, 0.25) is 0 Å². The van der Waals surface area contributed by atoms with Crippen molar-refractivity contribution < 1.29 is 14.3 Å². The van der Waals surface area contributed by atoms with E-state index in [1.54, 1.807) is 12.3 Å². The van der Waals surface area contributed by atoms with Crippen molar-refractivity contribution in [2.75, 3.05) is 5.73 Å². The Labute approximate surface area is 103 Å². The number of furan rings is 1. The number of aromatic carboxylic acids is 1. The van der Waals surface area contributed by atoms with Gasteiger partial charge in [0.2, 0.25) is 0 Å². The fraction of sp³-hybridized carbons (Fsp3) is 0.250. The van der Waals surface area contributed by atoms with Gasteiger partial charge < -0.3 is 15.3 Å². The lowest BCUT2D eigenvalue weighted by Crippen LogP contribution is -2.00. The maximum absolute atomic E-state index is 11.1. The van der Waals surface area contributed by atoms with Gasteiger partial charge in [-0.25, -0.2) is 4.79 Å². The van der Waals surface area contributed by atoms with E-state index >= 15 is 0 Å². The molecule has 90 valence electrons. The molecule has 2 rings (SSSR count). The highest BCUT2D eigenvalue weighted by Crippen LogP contribution is 2.42. The molecule has 5 heteroatoms. The van der Waals surface area contributed by atoms with E-state index in [0.29, 0.717) is 11.4 Å². The molecule has 4 nitrogen and oxygen atoms in total. The van der Waals surface area contributed by atoms with E-state index in [1.165, 1.54) is 0 Å². The standard InChI is InChI=1S/C12H13NO3S/c1-6(2)8-9(13)11(12(14)15)17-10(8)7-4-3-5-16-7/h3-6H,13H2,1-2H3,(H,14,15). The van der Waals surface area contributed by atoms with Crippen molar-refractivity contribution in [2.45, 2.75) is 19.8 Å². The van der Waals surface area contributed by atoms with Crippen LogP contribution in [0.25, 0.3) is 10.6 Å². The molecule has 2 heterocycles. The van der Waals surface area contributed by atoms with Crippen LogP contribution in [0.1, 0.15) is 35.0 Å². The zero-order chi connectivity index (χ0) is 12.6. The van der Waals surface area contributed by atoms with Gasteiger partial charge in [0.1, 0.15) is 10.6 Å². The lowest BCUT2D eigenvalue weighted by atomic mass is 10.0. The summed E-state index contributed by atoms with van der Waals surface area (Å²) >= 11 is 1.16. The zero-order valence-corrected chi connectivity index (χ0v) is 10.4. The van der Waals surface area contributed by atoms with Crippen molar-refractivity contribution in [3.63, 3.8) is 0 Å². The average molecular weight is 251 g/mol. The van der Waals surface area contributed by atoms with E-state index in [2.05, 4.69) is 0 Å². The molecule has 0 saturated heterocycles. The minimum absolute atomic E-state index is 0.152. The fourth-order valence-corrected chi connectivity index (χ4v) is 2.96. The van der Waals surface area contributed by atoms with Crippen molar-refractivity contribution >= 4 is 23.0 Å². The summed E-state index contributed by atoms with van der Waals surface area (Å²) in [5.41, 5.74) is 7.10. The third-order valence-electron chi connectivity index (χ3n) is 2.50. The number of carboxylic acid groups (broad SMARTS) is 1. The summed E-state index contributed by atoms with van der Waals surface area (Å²) in [6.45, 7) is 3.97. The molecule has 2 aromatic rings. The van der Waals surface area contributed by atoms with Crippen LogP contribution in [0.4, 0.5) is 5.69 Å². The largest absolute Gasteiger partial charge is 0.477 e. The number of nitrogen functional groups attached to an aromatic ring is 1. The first-order chi connectivity index (χ1) is 8.02.